The summed E-state index contributed by atoms with van der Waals surface area (Å²) < 4.78 is 13.5. The van der Waals surface area contributed by atoms with Crippen LogP contribution in [0.25, 0.3) is 0 Å². The van der Waals surface area contributed by atoms with Crippen LogP contribution in [0.15, 0.2) is 12.1 Å². The molecule has 1 aliphatic carbocycles. The molecule has 2 nitrogen and oxygen atoms in total. The summed E-state index contributed by atoms with van der Waals surface area (Å²) >= 11 is 1.76. The van der Waals surface area contributed by atoms with Crippen molar-refractivity contribution in [1.82, 2.24) is 0 Å². The van der Waals surface area contributed by atoms with E-state index in [0.717, 1.165) is 12.0 Å². The first-order valence-electron chi connectivity index (χ1n) is 7.11. The lowest BCUT2D eigenvalue weighted by Crippen LogP contribution is -2.15. The van der Waals surface area contributed by atoms with E-state index in [1.807, 2.05) is 0 Å². The van der Waals surface area contributed by atoms with E-state index in [1.165, 1.54) is 38.7 Å². The van der Waals surface area contributed by atoms with Crippen LogP contribution in [0.3, 0.4) is 0 Å². The summed E-state index contributed by atoms with van der Waals surface area (Å²) in [7, 11) is 0. The summed E-state index contributed by atoms with van der Waals surface area (Å²) in [5.41, 5.74) is 0.607. The third-order valence-electron chi connectivity index (χ3n) is 3.90. The minimum Gasteiger partial charge on any atom is -0.507 e. The number of hydrogen-bond donors (Lipinski definition) is 1. The topological polar surface area (TPSA) is 37.3 Å². The zero-order valence-corrected chi connectivity index (χ0v) is 12.8. The van der Waals surface area contributed by atoms with E-state index in [1.54, 1.807) is 11.8 Å². The number of carbonyl (C=O) groups excluding carboxylic acids is 1. The van der Waals surface area contributed by atoms with Crippen molar-refractivity contribution >= 4 is 17.5 Å². The molecular formula is C16H21FO2S. The predicted molar refractivity (Wildman–Crippen MR) is 80.8 cm³/mol. The van der Waals surface area contributed by atoms with Gasteiger partial charge in [0, 0.05) is 16.6 Å². The number of aromatic hydroxyl groups is 1. The van der Waals surface area contributed by atoms with E-state index in [0.29, 0.717) is 16.6 Å². The highest BCUT2D eigenvalue weighted by atomic mass is 32.2. The van der Waals surface area contributed by atoms with Crippen molar-refractivity contribution in [2.24, 2.45) is 5.92 Å². The number of carbonyl (C=O) groups is 1. The fourth-order valence-corrected chi connectivity index (χ4v) is 4.20. The molecule has 0 aromatic heterocycles. The van der Waals surface area contributed by atoms with E-state index >= 15 is 0 Å². The van der Waals surface area contributed by atoms with Crippen LogP contribution in [-0.4, -0.2) is 16.1 Å². The maximum atomic E-state index is 13.5. The largest absolute Gasteiger partial charge is 0.507 e. The van der Waals surface area contributed by atoms with Gasteiger partial charge >= 0.3 is 0 Å². The number of phenols is 1. The van der Waals surface area contributed by atoms with Crippen LogP contribution in [0.4, 0.5) is 4.39 Å². The van der Waals surface area contributed by atoms with Gasteiger partial charge in [0.15, 0.2) is 5.78 Å². The molecule has 0 saturated heterocycles. The zero-order chi connectivity index (χ0) is 14.7. The molecule has 2 atom stereocenters. The highest BCUT2D eigenvalue weighted by Gasteiger charge is 2.20. The number of ketones is 1. The minimum atomic E-state index is -0.458. The summed E-state index contributed by atoms with van der Waals surface area (Å²) in [4.78, 5) is 11.4. The molecule has 20 heavy (non-hydrogen) atoms. The molecule has 0 bridgehead atoms. The van der Waals surface area contributed by atoms with Crippen molar-refractivity contribution in [3.8, 4) is 5.75 Å². The number of halogens is 1. The second kappa shape index (κ2) is 6.61. The van der Waals surface area contributed by atoms with Gasteiger partial charge in [0.2, 0.25) is 0 Å². The molecule has 0 spiro atoms. The number of rotatable bonds is 4. The molecule has 0 amide bonds. The molecule has 1 aromatic rings. The summed E-state index contributed by atoms with van der Waals surface area (Å²) in [5.74, 6) is 0.479. The number of thioether (sulfide) groups is 1. The first-order valence-corrected chi connectivity index (χ1v) is 8.16. The standard InChI is InChI=1S/C16H21FO2S/c1-10-4-3-5-14(6-10)20-9-12-7-13(17)8-15(11(2)18)16(12)19/h7-8,10,14,19H,3-6,9H2,1-2H3. The molecule has 1 aromatic carbocycles. The summed E-state index contributed by atoms with van der Waals surface area (Å²) in [5, 5.41) is 10.6. The molecule has 1 N–H and O–H groups in total. The first kappa shape index (κ1) is 15.4. The zero-order valence-electron chi connectivity index (χ0n) is 12.0. The van der Waals surface area contributed by atoms with Crippen LogP contribution >= 0.6 is 11.8 Å². The highest BCUT2D eigenvalue weighted by molar-refractivity contribution is 7.99. The van der Waals surface area contributed by atoms with Gasteiger partial charge < -0.3 is 5.11 Å². The molecule has 0 radical (unpaired) electrons. The van der Waals surface area contributed by atoms with Gasteiger partial charge in [-0.3, -0.25) is 4.79 Å². The van der Waals surface area contributed by atoms with Gasteiger partial charge in [-0.15, -0.1) is 0 Å². The molecule has 1 saturated carbocycles. The molecule has 1 aliphatic rings. The van der Waals surface area contributed by atoms with Gasteiger partial charge in [-0.25, -0.2) is 4.39 Å². The van der Waals surface area contributed by atoms with Crippen molar-refractivity contribution in [3.05, 3.63) is 29.1 Å². The molecule has 2 rings (SSSR count). The van der Waals surface area contributed by atoms with Crippen LogP contribution in [-0.2, 0) is 5.75 Å². The normalized spacial score (nSPS) is 22.8. The Balaban J connectivity index is 2.07. The fourth-order valence-electron chi connectivity index (χ4n) is 2.77. The van der Waals surface area contributed by atoms with Crippen molar-refractivity contribution in [3.63, 3.8) is 0 Å². The van der Waals surface area contributed by atoms with Crippen LogP contribution in [0.5, 0.6) is 5.75 Å². The van der Waals surface area contributed by atoms with E-state index in [9.17, 15) is 14.3 Å². The third-order valence-corrected chi connectivity index (χ3v) is 5.27. The van der Waals surface area contributed by atoms with Crippen LogP contribution < -0.4 is 0 Å². The Morgan fingerprint density at radius 3 is 2.85 bits per heavy atom. The monoisotopic (exact) mass is 296 g/mol. The second-order valence-corrected chi connectivity index (χ2v) is 7.01. The van der Waals surface area contributed by atoms with Gasteiger partial charge in [0.05, 0.1) is 5.56 Å². The third kappa shape index (κ3) is 3.75. The first-order chi connectivity index (χ1) is 9.47. The van der Waals surface area contributed by atoms with Gasteiger partial charge in [-0.2, -0.15) is 11.8 Å². The highest BCUT2D eigenvalue weighted by Crippen LogP contribution is 2.36. The number of hydrogen-bond acceptors (Lipinski definition) is 3. The summed E-state index contributed by atoms with van der Waals surface area (Å²) in [6, 6.07) is 2.44. The molecule has 110 valence electrons. The Morgan fingerprint density at radius 2 is 2.20 bits per heavy atom. The summed E-state index contributed by atoms with van der Waals surface area (Å²) in [6.45, 7) is 3.61. The Kier molecular flexibility index (Phi) is 5.08. The van der Waals surface area contributed by atoms with Gasteiger partial charge in [0.1, 0.15) is 11.6 Å². The van der Waals surface area contributed by atoms with Gasteiger partial charge in [-0.05, 0) is 37.8 Å². The molecule has 0 heterocycles. The fraction of sp³-hybridized carbons (Fsp3) is 0.562. The lowest BCUT2D eigenvalue weighted by Gasteiger charge is -2.26. The Hall–Kier alpha value is -1.03. The van der Waals surface area contributed by atoms with E-state index < -0.39 is 5.82 Å². The quantitative estimate of drug-likeness (QED) is 0.828. The van der Waals surface area contributed by atoms with E-state index in [2.05, 4.69) is 6.92 Å². The molecular weight excluding hydrogens is 275 g/mol. The average Bonchev–Trinajstić information content (AvgIpc) is 2.39. The summed E-state index contributed by atoms with van der Waals surface area (Å²) in [6.07, 6.45) is 4.90. The Morgan fingerprint density at radius 1 is 1.45 bits per heavy atom. The van der Waals surface area contributed by atoms with Crippen LogP contribution in [0.2, 0.25) is 0 Å². The van der Waals surface area contributed by atoms with Crippen LogP contribution in [0, 0.1) is 11.7 Å². The van der Waals surface area contributed by atoms with Crippen molar-refractivity contribution in [1.29, 1.82) is 0 Å². The van der Waals surface area contributed by atoms with Crippen molar-refractivity contribution in [2.45, 2.75) is 50.5 Å². The second-order valence-electron chi connectivity index (χ2n) is 5.72. The van der Waals surface area contributed by atoms with Gasteiger partial charge in [0.25, 0.3) is 0 Å². The minimum absolute atomic E-state index is 0.0599. The van der Waals surface area contributed by atoms with E-state index in [-0.39, 0.29) is 17.1 Å². The Labute approximate surface area is 123 Å². The lowest BCUT2D eigenvalue weighted by atomic mass is 9.91. The maximum Gasteiger partial charge on any atom is 0.163 e. The van der Waals surface area contributed by atoms with Crippen molar-refractivity contribution in [2.75, 3.05) is 0 Å². The average molecular weight is 296 g/mol. The smallest absolute Gasteiger partial charge is 0.163 e. The van der Waals surface area contributed by atoms with Crippen molar-refractivity contribution < 1.29 is 14.3 Å². The van der Waals surface area contributed by atoms with E-state index in [4.69, 9.17) is 0 Å². The SMILES string of the molecule is CC(=O)c1cc(F)cc(CSC2CCCC(C)C2)c1O. The van der Waals surface area contributed by atoms with Crippen LogP contribution in [0.1, 0.15) is 55.5 Å². The molecule has 1 fully saturated rings. The lowest BCUT2D eigenvalue weighted by molar-refractivity contribution is 0.101. The predicted octanol–water partition coefficient (Wildman–Crippen LogP) is 4.55. The molecule has 2 unspecified atom stereocenters. The molecule has 0 aliphatic heterocycles. The number of benzene rings is 1. The number of phenolic OH excluding ortho intramolecular Hbond substituents is 1. The molecule has 4 heteroatoms. The Bertz CT molecular complexity index is 501. The van der Waals surface area contributed by atoms with Gasteiger partial charge in [-0.1, -0.05) is 19.8 Å². The number of Topliss-reactive ketones (excluding diaryl/α,β-unsaturated/α-hetero) is 1. The maximum absolute atomic E-state index is 13.5.